The summed E-state index contributed by atoms with van der Waals surface area (Å²) in [5.74, 6) is 0.431. The van der Waals surface area contributed by atoms with Crippen molar-refractivity contribution < 1.29 is 22.7 Å². The number of anilines is 1. The number of carbonyl (C=O) groups is 1. The monoisotopic (exact) mass is 321 g/mol. The van der Waals surface area contributed by atoms with E-state index in [4.69, 9.17) is 4.74 Å². The van der Waals surface area contributed by atoms with Crippen LogP contribution in [0.4, 0.5) is 18.9 Å². The van der Waals surface area contributed by atoms with Gasteiger partial charge >= 0.3 is 6.18 Å². The molecule has 0 saturated carbocycles. The van der Waals surface area contributed by atoms with Gasteiger partial charge in [0.1, 0.15) is 5.75 Å². The molecule has 23 heavy (non-hydrogen) atoms. The lowest BCUT2D eigenvalue weighted by atomic mass is 10.0. The average Bonchev–Trinajstić information content (AvgIpc) is 2.52. The minimum absolute atomic E-state index is 0.0118. The molecule has 0 bridgehead atoms. The molecule has 1 amide bonds. The van der Waals surface area contributed by atoms with Crippen molar-refractivity contribution in [3.05, 3.63) is 59.2 Å². The number of hydrogen-bond donors (Lipinski definition) is 1. The Labute approximate surface area is 131 Å². The molecule has 0 saturated heterocycles. The van der Waals surface area contributed by atoms with E-state index in [0.717, 1.165) is 23.3 Å². The van der Waals surface area contributed by atoms with Crippen LogP contribution in [0.5, 0.6) is 5.75 Å². The fraction of sp³-hybridized carbons (Fsp3) is 0.235. The van der Waals surface area contributed by atoms with E-state index < -0.39 is 11.7 Å². The van der Waals surface area contributed by atoms with Crippen LogP contribution in [0.25, 0.3) is 0 Å². The zero-order chi connectivity index (χ0) is 16.4. The molecule has 1 aliphatic heterocycles. The summed E-state index contributed by atoms with van der Waals surface area (Å²) in [7, 11) is 0. The van der Waals surface area contributed by atoms with Gasteiger partial charge in [-0.15, -0.1) is 0 Å². The molecule has 1 aliphatic rings. The summed E-state index contributed by atoms with van der Waals surface area (Å²) in [5.41, 5.74) is 1.80. The molecule has 3 nitrogen and oxygen atoms in total. The molecular formula is C17H14F3NO2. The number of rotatable bonds is 3. The average molecular weight is 321 g/mol. The lowest BCUT2D eigenvalue weighted by Crippen LogP contribution is -2.25. The van der Waals surface area contributed by atoms with Crippen molar-refractivity contribution in [3.8, 4) is 5.75 Å². The van der Waals surface area contributed by atoms with Crippen molar-refractivity contribution in [2.24, 2.45) is 0 Å². The van der Waals surface area contributed by atoms with Crippen molar-refractivity contribution in [2.45, 2.75) is 19.0 Å². The van der Waals surface area contributed by atoms with Crippen molar-refractivity contribution in [1.82, 2.24) is 0 Å². The Bertz CT molecular complexity index is 724. The van der Waals surface area contributed by atoms with E-state index in [-0.39, 0.29) is 12.5 Å². The first-order chi connectivity index (χ1) is 10.9. The molecule has 120 valence electrons. The van der Waals surface area contributed by atoms with Gasteiger partial charge in [0, 0.05) is 0 Å². The van der Waals surface area contributed by atoms with Gasteiger partial charge in [-0.1, -0.05) is 18.2 Å². The Morgan fingerprint density at radius 3 is 2.35 bits per heavy atom. The van der Waals surface area contributed by atoms with Crippen LogP contribution < -0.4 is 10.1 Å². The summed E-state index contributed by atoms with van der Waals surface area (Å²) >= 11 is 0. The number of carbonyl (C=O) groups excluding carboxylic acids is 1. The Balaban J connectivity index is 1.67. The van der Waals surface area contributed by atoms with Crippen LogP contribution in [-0.4, -0.2) is 12.5 Å². The molecular weight excluding hydrogens is 307 g/mol. The predicted octanol–water partition coefficient (Wildman–Crippen LogP) is 3.82. The standard InChI is InChI=1S/C17H14F3NO2/c18-17(19,20)13-6-3-11(4-7-13)1-2-12-5-8-15-14(9-12)21-16(22)10-23-15/h3-9H,1-2,10H2,(H,21,22). The lowest BCUT2D eigenvalue weighted by molar-refractivity contribution is -0.137. The summed E-state index contributed by atoms with van der Waals surface area (Å²) in [4.78, 5) is 11.3. The number of hydrogen-bond acceptors (Lipinski definition) is 2. The fourth-order valence-electron chi connectivity index (χ4n) is 2.43. The van der Waals surface area contributed by atoms with E-state index in [2.05, 4.69) is 5.32 Å². The number of benzene rings is 2. The second-order valence-electron chi connectivity index (χ2n) is 5.36. The van der Waals surface area contributed by atoms with Gasteiger partial charge in [0.15, 0.2) is 6.61 Å². The van der Waals surface area contributed by atoms with Gasteiger partial charge in [0.25, 0.3) is 5.91 Å². The van der Waals surface area contributed by atoms with Crippen molar-refractivity contribution in [1.29, 1.82) is 0 Å². The van der Waals surface area contributed by atoms with E-state index in [1.165, 1.54) is 12.1 Å². The van der Waals surface area contributed by atoms with E-state index in [9.17, 15) is 18.0 Å². The molecule has 1 N–H and O–H groups in total. The largest absolute Gasteiger partial charge is 0.482 e. The minimum Gasteiger partial charge on any atom is -0.482 e. The highest BCUT2D eigenvalue weighted by Crippen LogP contribution is 2.30. The molecule has 0 radical (unpaired) electrons. The number of nitrogens with one attached hydrogen (secondary N) is 1. The van der Waals surface area contributed by atoms with E-state index >= 15 is 0 Å². The molecule has 0 aromatic heterocycles. The van der Waals surface area contributed by atoms with E-state index in [1.54, 1.807) is 6.07 Å². The van der Waals surface area contributed by atoms with Gasteiger partial charge < -0.3 is 10.1 Å². The lowest BCUT2D eigenvalue weighted by Gasteiger charge is -2.18. The zero-order valence-corrected chi connectivity index (χ0v) is 12.1. The predicted molar refractivity (Wildman–Crippen MR) is 79.4 cm³/mol. The molecule has 2 aromatic rings. The van der Waals surface area contributed by atoms with Crippen molar-refractivity contribution in [2.75, 3.05) is 11.9 Å². The molecule has 0 atom stereocenters. The zero-order valence-electron chi connectivity index (χ0n) is 12.1. The van der Waals surface area contributed by atoms with Gasteiger partial charge in [0.05, 0.1) is 11.3 Å². The van der Waals surface area contributed by atoms with Crippen molar-refractivity contribution in [3.63, 3.8) is 0 Å². The Morgan fingerprint density at radius 1 is 1.00 bits per heavy atom. The van der Waals surface area contributed by atoms with Crippen molar-refractivity contribution >= 4 is 11.6 Å². The quantitative estimate of drug-likeness (QED) is 0.933. The Kier molecular flexibility index (Phi) is 3.98. The first-order valence-electron chi connectivity index (χ1n) is 7.13. The summed E-state index contributed by atoms with van der Waals surface area (Å²) < 4.78 is 42.8. The second-order valence-corrected chi connectivity index (χ2v) is 5.36. The van der Waals surface area contributed by atoms with Gasteiger partial charge in [-0.2, -0.15) is 13.2 Å². The molecule has 6 heteroatoms. The summed E-state index contributed by atoms with van der Waals surface area (Å²) in [6.07, 6.45) is -3.03. The smallest absolute Gasteiger partial charge is 0.416 e. The second kappa shape index (κ2) is 5.95. The van der Waals surface area contributed by atoms with Crippen LogP contribution in [0, 0.1) is 0 Å². The fourth-order valence-corrected chi connectivity index (χ4v) is 2.43. The number of ether oxygens (including phenoxy) is 1. The third kappa shape index (κ3) is 3.64. The van der Waals surface area contributed by atoms with Gasteiger partial charge in [0.2, 0.25) is 0 Å². The highest BCUT2D eigenvalue weighted by Gasteiger charge is 2.29. The molecule has 0 spiro atoms. The topological polar surface area (TPSA) is 38.3 Å². The van der Waals surface area contributed by atoms with Crippen LogP contribution in [0.3, 0.4) is 0 Å². The van der Waals surface area contributed by atoms with E-state index in [0.29, 0.717) is 24.3 Å². The highest BCUT2D eigenvalue weighted by atomic mass is 19.4. The third-order valence-electron chi connectivity index (χ3n) is 3.66. The third-order valence-corrected chi connectivity index (χ3v) is 3.66. The normalized spacial score (nSPS) is 14.0. The minimum atomic E-state index is -4.31. The first kappa shape index (κ1) is 15.4. The highest BCUT2D eigenvalue weighted by molar-refractivity contribution is 5.95. The van der Waals surface area contributed by atoms with Crippen LogP contribution in [0.15, 0.2) is 42.5 Å². The van der Waals surface area contributed by atoms with Gasteiger partial charge in [-0.25, -0.2) is 0 Å². The maximum atomic E-state index is 12.5. The summed E-state index contributed by atoms with van der Waals surface area (Å²) in [5, 5.41) is 2.73. The van der Waals surface area contributed by atoms with Crippen LogP contribution in [0.2, 0.25) is 0 Å². The number of alkyl halides is 3. The molecule has 1 heterocycles. The molecule has 0 fully saturated rings. The van der Waals surface area contributed by atoms with Crippen LogP contribution in [-0.2, 0) is 23.8 Å². The summed E-state index contributed by atoms with van der Waals surface area (Å²) in [6, 6.07) is 10.7. The molecule has 2 aromatic carbocycles. The van der Waals surface area contributed by atoms with Crippen LogP contribution in [0.1, 0.15) is 16.7 Å². The Hall–Kier alpha value is -2.50. The van der Waals surface area contributed by atoms with E-state index in [1.807, 2.05) is 12.1 Å². The summed E-state index contributed by atoms with van der Waals surface area (Å²) in [6.45, 7) is 0.0118. The number of aryl methyl sites for hydroxylation is 2. The van der Waals surface area contributed by atoms with Gasteiger partial charge in [-0.3, -0.25) is 4.79 Å². The number of halogens is 3. The number of amides is 1. The molecule has 0 unspecified atom stereocenters. The molecule has 0 aliphatic carbocycles. The first-order valence-corrected chi connectivity index (χ1v) is 7.13. The maximum absolute atomic E-state index is 12.5. The maximum Gasteiger partial charge on any atom is 0.416 e. The number of fused-ring (bicyclic) bond motifs is 1. The Morgan fingerprint density at radius 2 is 1.65 bits per heavy atom. The van der Waals surface area contributed by atoms with Crippen LogP contribution >= 0.6 is 0 Å². The SMILES string of the molecule is O=C1COc2ccc(CCc3ccc(C(F)(F)F)cc3)cc2N1. The van der Waals surface area contributed by atoms with Gasteiger partial charge in [-0.05, 0) is 48.2 Å². The molecule has 3 rings (SSSR count).